The van der Waals surface area contributed by atoms with Crippen LogP contribution in [0.25, 0.3) is 0 Å². The predicted octanol–water partition coefficient (Wildman–Crippen LogP) is 15.5. The highest BCUT2D eigenvalue weighted by Gasteiger charge is 2.25. The van der Waals surface area contributed by atoms with Gasteiger partial charge in [-0.2, -0.15) is 0 Å². The van der Waals surface area contributed by atoms with E-state index in [4.69, 9.17) is 18.9 Å². The van der Waals surface area contributed by atoms with E-state index in [1.807, 2.05) is 27.7 Å². The van der Waals surface area contributed by atoms with Crippen LogP contribution in [0.2, 0.25) is 0 Å². The normalized spacial score (nSPS) is 14.0. The maximum absolute atomic E-state index is 13.2. The molecule has 0 bridgehead atoms. The molecule has 56 heavy (non-hydrogen) atoms. The molecule has 0 rings (SSSR count). The van der Waals surface area contributed by atoms with E-state index in [9.17, 15) is 4.79 Å². The first-order chi connectivity index (χ1) is 27.5. The number of unbranched alkanes of at least 4 members (excludes halogenated alkanes) is 31. The first-order valence-corrected chi connectivity index (χ1v) is 24.9. The van der Waals surface area contributed by atoms with Crippen LogP contribution in [-0.4, -0.2) is 50.5 Å². The van der Waals surface area contributed by atoms with E-state index in [0.717, 1.165) is 19.3 Å². The fourth-order valence-electron chi connectivity index (χ4n) is 7.66. The summed E-state index contributed by atoms with van der Waals surface area (Å²) >= 11 is 0. The second kappa shape index (κ2) is 45.1. The second-order valence-electron chi connectivity index (χ2n) is 16.7. The number of amides is 1. The highest BCUT2D eigenvalue weighted by Crippen LogP contribution is 2.17. The van der Waals surface area contributed by atoms with Gasteiger partial charge in [0.05, 0.1) is 12.6 Å². The van der Waals surface area contributed by atoms with Crippen LogP contribution in [0, 0.1) is 0 Å². The molecular weight excluding hydrogens is 695 g/mol. The minimum atomic E-state index is -0.380. The Hall–Kier alpha value is -0.950. The Labute approximate surface area is 350 Å². The lowest BCUT2D eigenvalue weighted by molar-refractivity contribution is -0.171. The van der Waals surface area contributed by atoms with Crippen LogP contribution in [0.5, 0.6) is 0 Å². The van der Waals surface area contributed by atoms with Gasteiger partial charge in [-0.25, -0.2) is 0 Å². The highest BCUT2D eigenvalue weighted by molar-refractivity contribution is 5.76. The summed E-state index contributed by atoms with van der Waals surface area (Å²) in [5.74, 6) is 0.0666. The zero-order valence-electron chi connectivity index (χ0n) is 38.7. The fraction of sp³-hybridized carbons (Fsp3) is 0.940. The average molecular weight is 794 g/mol. The van der Waals surface area contributed by atoms with E-state index < -0.39 is 0 Å². The molecule has 0 saturated heterocycles. The second-order valence-corrected chi connectivity index (χ2v) is 16.7. The van der Waals surface area contributed by atoms with Gasteiger partial charge < -0.3 is 24.3 Å². The third-order valence-corrected chi connectivity index (χ3v) is 11.2. The van der Waals surface area contributed by atoms with Crippen LogP contribution in [0.15, 0.2) is 12.2 Å². The molecule has 0 aliphatic carbocycles. The van der Waals surface area contributed by atoms with Gasteiger partial charge >= 0.3 is 0 Å². The van der Waals surface area contributed by atoms with Crippen molar-refractivity contribution in [1.82, 2.24) is 5.32 Å². The molecule has 0 aromatic heterocycles. The summed E-state index contributed by atoms with van der Waals surface area (Å²) in [5.41, 5.74) is 0. The summed E-state index contributed by atoms with van der Waals surface area (Å²) < 4.78 is 23.8. The number of hydrogen-bond donors (Lipinski definition) is 1. The summed E-state index contributed by atoms with van der Waals surface area (Å²) in [6.45, 7) is 13.8. The molecule has 6 heteroatoms. The van der Waals surface area contributed by atoms with E-state index in [2.05, 4.69) is 31.3 Å². The predicted molar refractivity (Wildman–Crippen MR) is 242 cm³/mol. The third-order valence-electron chi connectivity index (χ3n) is 11.2. The Kier molecular flexibility index (Phi) is 44.4. The van der Waals surface area contributed by atoms with Gasteiger partial charge in [0.2, 0.25) is 5.91 Å². The van der Waals surface area contributed by atoms with Crippen LogP contribution in [0.3, 0.4) is 0 Å². The number of allylic oxidation sites excluding steroid dienone is 1. The molecule has 6 nitrogen and oxygen atoms in total. The number of carbonyl (C=O) groups excluding carboxylic acids is 1. The van der Waals surface area contributed by atoms with Gasteiger partial charge in [0.15, 0.2) is 12.6 Å². The van der Waals surface area contributed by atoms with Gasteiger partial charge in [-0.05, 0) is 47.0 Å². The van der Waals surface area contributed by atoms with Gasteiger partial charge in [0.1, 0.15) is 6.10 Å². The lowest BCUT2D eigenvalue weighted by Gasteiger charge is -2.29. The van der Waals surface area contributed by atoms with E-state index in [1.165, 1.54) is 193 Å². The number of rotatable bonds is 46. The molecule has 0 saturated carbocycles. The molecule has 0 aliphatic heterocycles. The summed E-state index contributed by atoms with van der Waals surface area (Å²) in [6.07, 6.45) is 48.1. The Morgan fingerprint density at radius 1 is 0.464 bits per heavy atom. The maximum Gasteiger partial charge on any atom is 0.220 e. The van der Waals surface area contributed by atoms with Crippen molar-refractivity contribution in [3.05, 3.63) is 12.2 Å². The highest BCUT2D eigenvalue weighted by atomic mass is 16.7. The Balaban J connectivity index is 4.40. The van der Waals surface area contributed by atoms with Crippen molar-refractivity contribution in [3.8, 4) is 0 Å². The minimum absolute atomic E-state index is 0.0666. The van der Waals surface area contributed by atoms with Gasteiger partial charge in [-0.1, -0.05) is 219 Å². The molecule has 4 atom stereocenters. The van der Waals surface area contributed by atoms with E-state index in [0.29, 0.717) is 26.2 Å². The van der Waals surface area contributed by atoms with Crippen molar-refractivity contribution >= 4 is 5.91 Å². The quantitative estimate of drug-likeness (QED) is 0.0378. The lowest BCUT2D eigenvalue weighted by atomic mass is 10.0. The topological polar surface area (TPSA) is 66.0 Å². The van der Waals surface area contributed by atoms with Crippen LogP contribution in [0.1, 0.15) is 260 Å². The summed E-state index contributed by atoms with van der Waals surface area (Å²) in [4.78, 5) is 13.2. The molecule has 0 fully saturated rings. The molecule has 0 heterocycles. The minimum Gasteiger partial charge on any atom is -0.353 e. The van der Waals surface area contributed by atoms with Crippen LogP contribution in [0.4, 0.5) is 0 Å². The molecule has 0 aromatic rings. The van der Waals surface area contributed by atoms with Gasteiger partial charge in [-0.3, -0.25) is 4.79 Å². The first kappa shape index (κ1) is 55.0. The molecular formula is C50H99NO5. The van der Waals surface area contributed by atoms with Crippen molar-refractivity contribution in [2.75, 3.05) is 19.8 Å². The Bertz CT molecular complexity index is 806. The zero-order chi connectivity index (χ0) is 41.0. The standard InChI is InChI=1S/C50H99NO5/c1-7-11-13-15-17-19-21-23-24-25-26-27-28-29-30-32-34-36-38-40-42-44-50(52)51-48(45-55-46(5)53-9-3)49(56-47(6)54-10-4)43-41-39-37-35-33-31-22-20-18-16-14-12-8-2/h41,43,46-49H,7-40,42,44-45H2,1-6H3,(H,51,52)/b43-41-/t46?,47?,48-,49+/m1/s1. The van der Waals surface area contributed by atoms with Crippen molar-refractivity contribution in [1.29, 1.82) is 0 Å². The van der Waals surface area contributed by atoms with Gasteiger partial charge in [0.25, 0.3) is 0 Å². The lowest BCUT2D eigenvalue weighted by Crippen LogP contribution is -2.48. The molecule has 2 unspecified atom stereocenters. The smallest absolute Gasteiger partial charge is 0.220 e. The summed E-state index contributed by atoms with van der Waals surface area (Å²) in [7, 11) is 0. The fourth-order valence-corrected chi connectivity index (χ4v) is 7.66. The summed E-state index contributed by atoms with van der Waals surface area (Å²) in [5, 5.41) is 3.27. The molecule has 0 spiro atoms. The van der Waals surface area contributed by atoms with Crippen molar-refractivity contribution in [2.45, 2.75) is 285 Å². The van der Waals surface area contributed by atoms with Crippen LogP contribution >= 0.6 is 0 Å². The number of ether oxygens (including phenoxy) is 4. The van der Waals surface area contributed by atoms with Crippen LogP contribution in [-0.2, 0) is 23.7 Å². The zero-order valence-corrected chi connectivity index (χ0v) is 38.7. The molecule has 0 radical (unpaired) electrons. The third kappa shape index (κ3) is 39.9. The maximum atomic E-state index is 13.2. The molecule has 0 aliphatic rings. The molecule has 1 N–H and O–H groups in total. The van der Waals surface area contributed by atoms with Crippen molar-refractivity contribution < 1.29 is 23.7 Å². The first-order valence-electron chi connectivity index (χ1n) is 24.9. The average Bonchev–Trinajstić information content (AvgIpc) is 3.18. The van der Waals surface area contributed by atoms with Crippen molar-refractivity contribution in [2.24, 2.45) is 0 Å². The SMILES string of the molecule is CCCCCCCCCCCCC/C=C\[C@H](OC(C)OCC)[C@@H](COC(C)OCC)NC(=O)CCCCCCCCCCCCCCCCCCCCCCC. The van der Waals surface area contributed by atoms with Gasteiger partial charge in [0, 0.05) is 19.6 Å². The molecule has 334 valence electrons. The van der Waals surface area contributed by atoms with E-state index in [1.54, 1.807) is 0 Å². The summed E-state index contributed by atoms with van der Waals surface area (Å²) in [6, 6.07) is -0.322. The van der Waals surface area contributed by atoms with E-state index >= 15 is 0 Å². The largest absolute Gasteiger partial charge is 0.353 e. The number of hydrogen-bond acceptors (Lipinski definition) is 5. The number of carbonyl (C=O) groups is 1. The van der Waals surface area contributed by atoms with Crippen molar-refractivity contribution in [3.63, 3.8) is 0 Å². The van der Waals surface area contributed by atoms with Gasteiger partial charge in [-0.15, -0.1) is 0 Å². The molecule has 1 amide bonds. The number of nitrogens with one attached hydrogen (secondary N) is 1. The van der Waals surface area contributed by atoms with E-state index in [-0.39, 0.29) is 30.6 Å². The monoisotopic (exact) mass is 794 g/mol. The van der Waals surface area contributed by atoms with Crippen LogP contribution < -0.4 is 5.32 Å². The molecule has 0 aromatic carbocycles. The Morgan fingerprint density at radius 3 is 1.21 bits per heavy atom. The Morgan fingerprint density at radius 2 is 0.821 bits per heavy atom.